The van der Waals surface area contributed by atoms with Crippen LogP contribution in [0.2, 0.25) is 10.0 Å². The van der Waals surface area contributed by atoms with E-state index >= 15 is 33.6 Å². The van der Waals surface area contributed by atoms with Crippen molar-refractivity contribution >= 4 is 84.4 Å². The Balaban J connectivity index is 0.00000393. The number of halogens is 2. The first-order chi connectivity index (χ1) is 70.1. The van der Waals surface area contributed by atoms with Crippen LogP contribution in [0.1, 0.15) is 192 Å². The number of hydrogen-bond acceptors (Lipinski definition) is 34. The molecule has 0 spiro atoms. The van der Waals surface area contributed by atoms with E-state index in [9.17, 15) is 61.0 Å². The molecule has 11 aliphatic heterocycles. The first-order valence-electron chi connectivity index (χ1n) is 49.2. The summed E-state index contributed by atoms with van der Waals surface area (Å²) in [6.07, 6.45) is -7.70. The largest absolute Gasteiger partial charge is 0.550 e. The molecule has 17 bridgehead atoms. The Bertz CT molecular complexity index is 5840. The van der Waals surface area contributed by atoms with Gasteiger partial charge in [0.25, 0.3) is 0 Å². The van der Waals surface area contributed by atoms with E-state index in [1.165, 1.54) is 67.7 Å². The Hall–Kier alpha value is -11.6. The minimum Gasteiger partial charge on any atom is -0.550 e. The summed E-state index contributed by atoms with van der Waals surface area (Å²) >= 11 is 15.5. The summed E-state index contributed by atoms with van der Waals surface area (Å²) in [4.78, 5) is 140. The highest BCUT2D eigenvalue weighted by Gasteiger charge is 2.63. The minimum absolute atomic E-state index is 0.0589. The quantitative estimate of drug-likeness (QED) is 0.0232. The van der Waals surface area contributed by atoms with Crippen molar-refractivity contribution in [1.82, 2.24) is 66.8 Å². The van der Waals surface area contributed by atoms with Crippen LogP contribution in [0.5, 0.6) is 69.0 Å². The molecule has 7 aromatic rings. The molecule has 7 aromatic carbocycles. The number of carbonyl (C=O) groups excluding carboxylic acids is 9. The zero-order chi connectivity index (χ0) is 104. The predicted molar refractivity (Wildman–Crippen MR) is 526 cm³/mol. The van der Waals surface area contributed by atoms with E-state index in [1.807, 2.05) is 4.90 Å². The van der Waals surface area contributed by atoms with Crippen LogP contribution in [0.3, 0.4) is 0 Å². The van der Waals surface area contributed by atoms with E-state index in [1.54, 1.807) is 26.2 Å². The van der Waals surface area contributed by atoms with Gasteiger partial charge in [0.2, 0.25) is 71.3 Å². The minimum atomic E-state index is -3.20. The van der Waals surface area contributed by atoms with Gasteiger partial charge < -0.3 is 152 Å². The van der Waals surface area contributed by atoms with Gasteiger partial charge in [-0.25, -0.2) is 0 Å². The summed E-state index contributed by atoms with van der Waals surface area (Å²) < 4.78 is 61.1. The molecular weight excluding hydrogens is 1960 g/mol. The number of carbonyl (C=O) groups is 9. The number of aliphatic hydroxyl groups excluding tert-OH is 8. The standard InChI is InChI=1S/C99H122Cl2N13O27P.C2H4O2/c1-5-6-7-8-9-10-11-12-20-74(120)105-83-87(124)85(122)72(49-115)138-98(83)140-90-70-43-55-44-71(90)136-66-30-25-54(41-62(66)100)84(121)82-97(133)109-80(92(128)103-31-19-32-111(3)4)60-45-56(117)46-68(137-99-89(126)88(125)86(123)73(50-116)139-99)75(60)59-40-52(23-28-64(59)118)78(94(130)110-82)106-95(131)79(55)107-96(132)81-61-47-58(48-69(76(61)101)141-142(112-33-13-14-34-112,113-35-15-16-36-113)114-37-17-18-38-114)135-67-42-53(24-29-65(67)119)77(102-2)93(129)104-63(91(127)108-81)39-51-21-26-57(134-70)27-22-51;1-2(3)4/h21-30,40-48,63,72-73,77-89,98-99,102,115-116,121-126H,5-20,31-39,49-50H2,1-4H3,(H10-,103,104,105,106,107,108,109,110,117,118,119,120,127,128,129,130,131,132,133);1H3,(H,3,4)/t63-,72-,73-,77+,78-,79-,80-,81+,82+,83-,84-,85-,86-,87-,88+,89+,98+,99+;/m1./s1. The topological polar surface area (TPSA) is 594 Å². The van der Waals surface area contributed by atoms with Gasteiger partial charge in [0.15, 0.2) is 23.0 Å². The number of aromatic hydroxyl groups is 3. The molecule has 0 saturated carbocycles. The number of fused-ring (bicyclic) bond motifs is 14. The van der Waals surface area contributed by atoms with Crippen LogP contribution in [-0.2, 0) is 59.0 Å². The van der Waals surface area contributed by atoms with Crippen molar-refractivity contribution in [3.05, 3.63) is 164 Å². The van der Waals surface area contributed by atoms with Crippen molar-refractivity contribution in [3.63, 3.8) is 0 Å². The van der Waals surface area contributed by atoms with Gasteiger partial charge in [0, 0.05) is 93.4 Å². The van der Waals surface area contributed by atoms with Gasteiger partial charge in [-0.05, 0) is 192 Å². The normalized spacial score (nSPS) is 26.1. The van der Waals surface area contributed by atoms with Gasteiger partial charge in [-0.15, -0.1) is 14.0 Å². The second kappa shape index (κ2) is 48.6. The Morgan fingerprint density at radius 1 is 0.534 bits per heavy atom. The average Bonchev–Trinajstić information content (AvgIpc) is 1.55. The summed E-state index contributed by atoms with van der Waals surface area (Å²) in [7, 11) is 1.87. The average molecular weight is 2090 g/mol. The van der Waals surface area contributed by atoms with Crippen LogP contribution >= 0.6 is 31.1 Å². The van der Waals surface area contributed by atoms with Gasteiger partial charge in [-0.2, -0.15) is 0 Å². The number of aliphatic hydroxyl groups is 8. The molecule has 45 heteroatoms. The number of aliphatic carboxylic acids is 1. The fourth-order valence-corrected chi connectivity index (χ4v) is 24.4. The summed E-state index contributed by atoms with van der Waals surface area (Å²) in [6.45, 7) is 5.30. The summed E-state index contributed by atoms with van der Waals surface area (Å²) in [5, 5.41) is 162. The number of carboxylic acid groups (broad SMARTS) is 1. The lowest BCUT2D eigenvalue weighted by Crippen LogP contribution is -2.65. The van der Waals surface area contributed by atoms with Crippen LogP contribution in [0, 0.1) is 0 Å². The maximum Gasteiger partial charge on any atom is 0.417 e. The third-order valence-corrected chi connectivity index (χ3v) is 31.7. The Morgan fingerprint density at radius 2 is 1.10 bits per heavy atom. The van der Waals surface area contributed by atoms with Gasteiger partial charge >= 0.3 is 7.94 Å². The number of benzene rings is 7. The highest BCUT2D eigenvalue weighted by atomic mass is 35.5. The van der Waals surface area contributed by atoms with Gasteiger partial charge in [-0.1, -0.05) is 105 Å². The molecule has 8 amide bonds. The molecular formula is C101H126Cl2N13O29P. The molecule has 18 atom stereocenters. The Kier molecular flexibility index (Phi) is 36.1. The fraction of sp³-hybridized carbons (Fsp3) is 0.495. The van der Waals surface area contributed by atoms with E-state index in [-0.39, 0.29) is 75.4 Å². The number of nitrogens with one attached hydrogen (secondary N) is 9. The lowest BCUT2D eigenvalue weighted by molar-refractivity contribution is -0.302. The first-order valence-corrected chi connectivity index (χ1v) is 51.5. The second-order valence-corrected chi connectivity index (χ2v) is 41.6. The van der Waals surface area contributed by atoms with Crippen LogP contribution in [0.25, 0.3) is 11.1 Å². The molecule has 42 nitrogen and oxygen atoms in total. The number of rotatable bonds is 27. The summed E-state index contributed by atoms with van der Waals surface area (Å²) in [5.74, 6) is -14.9. The smallest absolute Gasteiger partial charge is 0.417 e. The molecule has 0 unspecified atom stereocenters. The van der Waals surface area contributed by atoms with Crippen molar-refractivity contribution in [2.24, 2.45) is 0 Å². The molecule has 5 saturated heterocycles. The third-order valence-electron chi connectivity index (χ3n) is 27.2. The van der Waals surface area contributed by atoms with Crippen molar-refractivity contribution in [3.8, 4) is 80.1 Å². The molecule has 146 heavy (non-hydrogen) atoms. The molecule has 0 aliphatic carbocycles. The number of nitrogens with zero attached hydrogens (tertiary/aromatic N) is 4. The lowest BCUT2D eigenvalue weighted by atomic mass is 9.89. The van der Waals surface area contributed by atoms with E-state index in [0.717, 1.165) is 126 Å². The molecule has 0 aromatic heterocycles. The first kappa shape index (κ1) is 109. The van der Waals surface area contributed by atoms with Gasteiger partial charge in [0.05, 0.1) is 23.3 Å². The molecule has 788 valence electrons. The van der Waals surface area contributed by atoms with Gasteiger partial charge in [0.1, 0.15) is 132 Å². The number of likely N-dealkylation sites (N-methyl/N-ethyl adjacent to an activating group) is 1. The summed E-state index contributed by atoms with van der Waals surface area (Å²) in [5.41, 5.74) is -2.01. The van der Waals surface area contributed by atoms with Crippen molar-refractivity contribution in [2.45, 2.75) is 233 Å². The van der Waals surface area contributed by atoms with E-state index < -0.39 is 252 Å². The number of phenols is 3. The van der Waals surface area contributed by atoms with Crippen molar-refractivity contribution in [1.29, 1.82) is 0 Å². The zero-order valence-corrected chi connectivity index (χ0v) is 83.6. The SMILES string of the molecule is CC(=O)[O-].CCCCCCCCCCC(=O)N[C@H]1[C@H](Oc2c3cc4cc2Oc2ccc(cc2Cl)[C@@H](O)[C@@H]2NC(=O)[C@H](NC(=O)[C@@H]4NC(=O)[C@H]4NC(=O)[C@@H](Cc5ccc(cc5)O3)NC(=O)[C@@H](NC)c3ccc(O)c(c3)Oc3cc(O[P+](N5CCCC5)(N5CCCC5)N5CCCC5)c(Cl)c4c3)c3ccc(O)c(c3)-c3c(O[C@H]4O[C@H](CO)[C@@H](O)[C@H](O)[C@@H]4O)cc(O)cc3[C@H](C(=O)NCCCN(C)C)NC2=O)O[C@H](CO)[C@@H](O)[C@@H]1O. The molecule has 11 heterocycles. The van der Waals surface area contributed by atoms with Gasteiger partial charge in [-0.3, -0.25) is 42.9 Å². The number of ether oxygens (including phenoxy) is 7. The summed E-state index contributed by atoms with van der Waals surface area (Å²) in [6, 6.07) is 8.33. The van der Waals surface area contributed by atoms with Crippen LogP contribution in [0.4, 0.5) is 0 Å². The molecule has 0 radical (unpaired) electrons. The zero-order valence-electron chi connectivity index (χ0n) is 81.2. The second-order valence-electron chi connectivity index (χ2n) is 37.9. The lowest BCUT2D eigenvalue weighted by Gasteiger charge is -2.42. The van der Waals surface area contributed by atoms with E-state index in [2.05, 4.69) is 68.8 Å². The highest BCUT2D eigenvalue weighted by Crippen LogP contribution is 2.71. The molecule has 20 N–H and O–H groups in total. The third kappa shape index (κ3) is 24.7. The van der Waals surface area contributed by atoms with Crippen molar-refractivity contribution < 1.29 is 142 Å². The monoisotopic (exact) mass is 2090 g/mol. The number of unbranched alkanes of at least 4 members (excludes halogenated alkanes) is 7. The predicted octanol–water partition coefficient (Wildman–Crippen LogP) is 5.22. The maximum atomic E-state index is 17.4. The van der Waals surface area contributed by atoms with Crippen LogP contribution < -0.4 is 81.2 Å². The number of hydrogen-bond donors (Lipinski definition) is 20. The number of amides is 8. The van der Waals surface area contributed by atoms with E-state index in [4.69, 9.17) is 70.8 Å². The Labute approximate surface area is 852 Å². The molecule has 11 aliphatic rings. The van der Waals surface area contributed by atoms with Crippen LogP contribution in [0.15, 0.2) is 115 Å². The number of phenolic OH excluding ortho intramolecular Hbond substituents is 3. The number of carboxylic acids is 1. The maximum absolute atomic E-state index is 17.4. The fourth-order valence-electron chi connectivity index (χ4n) is 19.6. The van der Waals surface area contributed by atoms with Crippen molar-refractivity contribution in [2.75, 3.05) is 86.7 Å². The molecule has 5 fully saturated rings. The van der Waals surface area contributed by atoms with Crippen LogP contribution in [-0.4, -0.2) is 288 Å². The molecule has 18 rings (SSSR count). The Morgan fingerprint density at radius 3 is 1.73 bits per heavy atom. The highest BCUT2D eigenvalue weighted by molar-refractivity contribution is 7.64. The van der Waals surface area contributed by atoms with E-state index in [0.29, 0.717) is 70.6 Å².